The largest absolute Gasteiger partial charge is 0.480 e. The molecule has 2 aliphatic rings. The van der Waals surface area contributed by atoms with Crippen LogP contribution in [-0.4, -0.2) is 19.7 Å². The SMILES string of the molecule is Fc1cccc([C@H]2Oc3ccccc3C3=C2[C@@H](c2cccnc2)n2ncnc2N3)c1. The lowest BCUT2D eigenvalue weighted by atomic mass is 9.85. The Labute approximate surface area is 171 Å². The van der Waals surface area contributed by atoms with Crippen LogP contribution in [0.5, 0.6) is 5.75 Å². The Morgan fingerprint density at radius 3 is 2.77 bits per heavy atom. The first-order valence-corrected chi connectivity index (χ1v) is 9.61. The molecule has 2 aliphatic heterocycles. The van der Waals surface area contributed by atoms with Gasteiger partial charge in [-0.05, 0) is 41.5 Å². The number of ether oxygens (including phenoxy) is 1. The molecule has 4 aromatic rings. The highest BCUT2D eigenvalue weighted by molar-refractivity contribution is 5.85. The fourth-order valence-corrected chi connectivity index (χ4v) is 4.22. The van der Waals surface area contributed by atoms with Crippen molar-refractivity contribution in [2.45, 2.75) is 12.1 Å². The van der Waals surface area contributed by atoms with E-state index in [1.807, 2.05) is 53.3 Å². The van der Waals surface area contributed by atoms with Crippen LogP contribution in [0.4, 0.5) is 10.3 Å². The first kappa shape index (κ1) is 16.9. The van der Waals surface area contributed by atoms with Gasteiger partial charge >= 0.3 is 0 Å². The van der Waals surface area contributed by atoms with Gasteiger partial charge in [-0.25, -0.2) is 9.07 Å². The summed E-state index contributed by atoms with van der Waals surface area (Å²) in [7, 11) is 0. The van der Waals surface area contributed by atoms with Crippen molar-refractivity contribution in [1.82, 2.24) is 19.7 Å². The van der Waals surface area contributed by atoms with Crippen molar-refractivity contribution >= 4 is 11.6 Å². The van der Waals surface area contributed by atoms with Crippen LogP contribution in [-0.2, 0) is 0 Å². The van der Waals surface area contributed by atoms with Crippen molar-refractivity contribution in [3.05, 3.63) is 107 Å². The van der Waals surface area contributed by atoms with Gasteiger partial charge in [-0.2, -0.15) is 10.1 Å². The lowest BCUT2D eigenvalue weighted by Crippen LogP contribution is -2.32. The highest BCUT2D eigenvalue weighted by atomic mass is 19.1. The average molecular weight is 397 g/mol. The van der Waals surface area contributed by atoms with Crippen LogP contribution in [0.15, 0.2) is 85.0 Å². The minimum atomic E-state index is -0.499. The summed E-state index contributed by atoms with van der Waals surface area (Å²) in [4.78, 5) is 8.70. The van der Waals surface area contributed by atoms with Crippen molar-refractivity contribution in [3.8, 4) is 5.75 Å². The molecule has 0 spiro atoms. The zero-order valence-corrected chi connectivity index (χ0v) is 15.7. The fourth-order valence-electron chi connectivity index (χ4n) is 4.22. The van der Waals surface area contributed by atoms with Gasteiger partial charge in [-0.3, -0.25) is 4.98 Å². The highest BCUT2D eigenvalue weighted by Gasteiger charge is 2.40. The molecule has 2 aromatic heterocycles. The van der Waals surface area contributed by atoms with Crippen LogP contribution >= 0.6 is 0 Å². The molecule has 0 unspecified atom stereocenters. The van der Waals surface area contributed by atoms with Crippen LogP contribution in [0.25, 0.3) is 5.70 Å². The number of fused-ring (bicyclic) bond motifs is 3. The predicted molar refractivity (Wildman–Crippen MR) is 109 cm³/mol. The van der Waals surface area contributed by atoms with E-state index < -0.39 is 6.10 Å². The van der Waals surface area contributed by atoms with Gasteiger partial charge < -0.3 is 10.1 Å². The number of aromatic nitrogens is 4. The Morgan fingerprint density at radius 1 is 1.00 bits per heavy atom. The standard InChI is InChI=1S/C23H16FN5O/c24-16-7-3-5-14(11-16)22-19-20(17-8-1-2-9-18(17)30-22)28-23-26-13-27-29(23)21(19)15-6-4-10-25-12-15/h1-13,21-22H,(H,26,27,28)/t21-,22-/m1/s1. The maximum Gasteiger partial charge on any atom is 0.226 e. The van der Waals surface area contributed by atoms with E-state index in [9.17, 15) is 4.39 Å². The first-order chi connectivity index (χ1) is 14.8. The van der Waals surface area contributed by atoms with Crippen molar-refractivity contribution < 1.29 is 9.13 Å². The summed E-state index contributed by atoms with van der Waals surface area (Å²) in [5.74, 6) is 1.06. The summed E-state index contributed by atoms with van der Waals surface area (Å²) < 4.78 is 22.4. The third-order valence-electron chi connectivity index (χ3n) is 5.47. The Hall–Kier alpha value is -4.00. The number of nitrogens with zero attached hydrogens (tertiary/aromatic N) is 4. The van der Waals surface area contributed by atoms with E-state index in [-0.39, 0.29) is 11.9 Å². The maximum absolute atomic E-state index is 14.1. The molecule has 2 aromatic carbocycles. The van der Waals surface area contributed by atoms with Crippen molar-refractivity contribution in [2.24, 2.45) is 0 Å². The number of halogens is 1. The molecule has 6 rings (SSSR count). The van der Waals surface area contributed by atoms with Crippen LogP contribution in [0.3, 0.4) is 0 Å². The maximum atomic E-state index is 14.1. The lowest BCUT2D eigenvalue weighted by Gasteiger charge is -2.38. The van der Waals surface area contributed by atoms with E-state index in [0.717, 1.165) is 33.7 Å². The lowest BCUT2D eigenvalue weighted by molar-refractivity contribution is 0.222. The minimum Gasteiger partial charge on any atom is -0.480 e. The molecule has 146 valence electrons. The van der Waals surface area contributed by atoms with Crippen molar-refractivity contribution in [2.75, 3.05) is 5.32 Å². The number of pyridine rings is 1. The van der Waals surface area contributed by atoms with Crippen LogP contribution in [0.2, 0.25) is 0 Å². The second-order valence-electron chi connectivity index (χ2n) is 7.22. The van der Waals surface area contributed by atoms with Gasteiger partial charge in [-0.1, -0.05) is 30.3 Å². The van der Waals surface area contributed by atoms with Crippen LogP contribution < -0.4 is 10.1 Å². The van der Waals surface area contributed by atoms with E-state index in [1.54, 1.807) is 12.3 Å². The Morgan fingerprint density at radius 2 is 1.90 bits per heavy atom. The zero-order chi connectivity index (χ0) is 20.1. The summed E-state index contributed by atoms with van der Waals surface area (Å²) in [6, 6.07) is 17.9. The number of benzene rings is 2. The van der Waals surface area contributed by atoms with Gasteiger partial charge in [0, 0.05) is 23.5 Å². The number of rotatable bonds is 2. The molecule has 4 heterocycles. The van der Waals surface area contributed by atoms with Gasteiger partial charge in [0.1, 0.15) is 30.0 Å². The Kier molecular flexibility index (Phi) is 3.67. The molecule has 0 fully saturated rings. The fraction of sp³-hybridized carbons (Fsp3) is 0.0870. The normalized spacial score (nSPS) is 19.2. The summed E-state index contributed by atoms with van der Waals surface area (Å²) in [6.45, 7) is 0. The zero-order valence-electron chi connectivity index (χ0n) is 15.7. The van der Waals surface area contributed by atoms with E-state index in [0.29, 0.717) is 5.95 Å². The molecule has 1 N–H and O–H groups in total. The van der Waals surface area contributed by atoms with Gasteiger partial charge in [0.25, 0.3) is 0 Å². The summed E-state index contributed by atoms with van der Waals surface area (Å²) in [6.07, 6.45) is 4.57. The molecule has 0 saturated carbocycles. The third kappa shape index (κ3) is 2.52. The molecular formula is C23H16FN5O. The number of hydrogen-bond donors (Lipinski definition) is 1. The van der Waals surface area contributed by atoms with Crippen LogP contribution in [0, 0.1) is 5.82 Å². The third-order valence-corrected chi connectivity index (χ3v) is 5.47. The van der Waals surface area contributed by atoms with Gasteiger partial charge in [0.05, 0.1) is 5.70 Å². The number of hydrogen-bond acceptors (Lipinski definition) is 5. The average Bonchev–Trinajstić information content (AvgIpc) is 3.26. The molecule has 6 nitrogen and oxygen atoms in total. The van der Waals surface area contributed by atoms with E-state index in [4.69, 9.17) is 4.74 Å². The molecule has 0 bridgehead atoms. The van der Waals surface area contributed by atoms with Gasteiger partial charge in [0.15, 0.2) is 0 Å². The quantitative estimate of drug-likeness (QED) is 0.544. The molecule has 2 atom stereocenters. The summed E-state index contributed by atoms with van der Waals surface area (Å²) in [5, 5.41) is 7.88. The summed E-state index contributed by atoms with van der Waals surface area (Å²) in [5.41, 5.74) is 4.45. The number of anilines is 1. The topological polar surface area (TPSA) is 64.9 Å². The van der Waals surface area contributed by atoms with Crippen LogP contribution in [0.1, 0.15) is 28.8 Å². The molecular weight excluding hydrogens is 381 g/mol. The molecule has 0 saturated heterocycles. The van der Waals surface area contributed by atoms with Crippen molar-refractivity contribution in [1.29, 1.82) is 0 Å². The molecule has 0 aliphatic carbocycles. The number of para-hydroxylation sites is 1. The smallest absolute Gasteiger partial charge is 0.226 e. The second kappa shape index (κ2) is 6.52. The predicted octanol–water partition coefficient (Wildman–Crippen LogP) is 4.37. The molecule has 0 radical (unpaired) electrons. The molecule has 30 heavy (non-hydrogen) atoms. The molecule has 0 amide bonds. The summed E-state index contributed by atoms with van der Waals surface area (Å²) >= 11 is 0. The van der Waals surface area contributed by atoms with E-state index in [1.165, 1.54) is 18.5 Å². The van der Waals surface area contributed by atoms with E-state index >= 15 is 0 Å². The Balaban J connectivity index is 1.64. The Bertz CT molecular complexity index is 1280. The van der Waals surface area contributed by atoms with Gasteiger partial charge in [-0.15, -0.1) is 0 Å². The number of nitrogens with one attached hydrogen (secondary N) is 1. The second-order valence-corrected chi connectivity index (χ2v) is 7.22. The minimum absolute atomic E-state index is 0.297. The molecule has 7 heteroatoms. The van der Waals surface area contributed by atoms with E-state index in [2.05, 4.69) is 20.4 Å². The first-order valence-electron chi connectivity index (χ1n) is 9.61. The monoisotopic (exact) mass is 397 g/mol. The van der Waals surface area contributed by atoms with Gasteiger partial charge in [0.2, 0.25) is 5.95 Å². The highest BCUT2D eigenvalue weighted by Crippen LogP contribution is 2.50. The van der Waals surface area contributed by atoms with Crippen molar-refractivity contribution in [3.63, 3.8) is 0 Å².